The quantitative estimate of drug-likeness (QED) is 0.297. The van der Waals surface area contributed by atoms with Crippen LogP contribution in [0.3, 0.4) is 0 Å². The Morgan fingerprint density at radius 2 is 1.89 bits per heavy atom. The van der Waals surface area contributed by atoms with Gasteiger partial charge in [-0.15, -0.1) is 5.10 Å². The smallest absolute Gasteiger partial charge is 0.256 e. The number of benzene rings is 3. The van der Waals surface area contributed by atoms with Crippen molar-refractivity contribution in [1.82, 2.24) is 0 Å². The number of nitrogens with one attached hydrogen (secondary N) is 1. The Labute approximate surface area is 172 Å². The predicted molar refractivity (Wildman–Crippen MR) is 116 cm³/mol. The van der Waals surface area contributed by atoms with Gasteiger partial charge in [0, 0.05) is 10.7 Å². The van der Waals surface area contributed by atoms with Crippen molar-refractivity contribution in [2.24, 2.45) is 16.6 Å². The maximum Gasteiger partial charge on any atom is 0.256 e. The highest BCUT2D eigenvalue weighted by molar-refractivity contribution is 9.10. The number of halogens is 1. The van der Waals surface area contributed by atoms with Gasteiger partial charge < -0.3 is 20.9 Å². The Bertz CT molecular complexity index is 1020. The highest BCUT2D eigenvalue weighted by atomic mass is 79.9. The van der Waals surface area contributed by atoms with E-state index < -0.39 is 0 Å². The van der Waals surface area contributed by atoms with Gasteiger partial charge in [-0.2, -0.15) is 0 Å². The van der Waals surface area contributed by atoms with Crippen LogP contribution in [0.5, 0.6) is 11.5 Å². The number of fused-ring (bicyclic) bond motifs is 1. The number of hydrazone groups is 1. The third kappa shape index (κ3) is 4.80. The van der Waals surface area contributed by atoms with E-state index in [1.54, 1.807) is 6.21 Å². The zero-order chi connectivity index (χ0) is 19.9. The van der Waals surface area contributed by atoms with Gasteiger partial charge in [0.2, 0.25) is 6.21 Å². The lowest BCUT2D eigenvalue weighted by Crippen LogP contribution is -2.63. The fourth-order valence-corrected chi connectivity index (χ4v) is 3.40. The molecule has 3 aromatic rings. The minimum Gasteiger partial charge on any atom is -0.490 e. The molecule has 0 bridgehead atoms. The zero-order valence-electron chi connectivity index (χ0n) is 15.5. The molecule has 0 saturated carbocycles. The van der Waals surface area contributed by atoms with Crippen LogP contribution < -0.4 is 26.0 Å². The SMILES string of the molecule is CCOc1cc(C=[NH+]N=C(N)N)cc(Br)c1OCc1cccc2ccccc12. The maximum absolute atomic E-state index is 6.14. The normalized spacial score (nSPS) is 10.9. The molecule has 0 radical (unpaired) electrons. The van der Waals surface area contributed by atoms with Crippen LogP contribution in [0.15, 0.2) is 64.2 Å². The summed E-state index contributed by atoms with van der Waals surface area (Å²) in [4.78, 5) is 0. The van der Waals surface area contributed by atoms with E-state index in [0.29, 0.717) is 24.7 Å². The third-order valence-electron chi connectivity index (χ3n) is 4.01. The highest BCUT2D eigenvalue weighted by Crippen LogP contribution is 2.37. The number of guanidine groups is 1. The number of ether oxygens (including phenoxy) is 2. The maximum atomic E-state index is 6.14. The molecule has 3 rings (SSSR count). The van der Waals surface area contributed by atoms with Crippen LogP contribution >= 0.6 is 15.9 Å². The van der Waals surface area contributed by atoms with E-state index in [9.17, 15) is 0 Å². The summed E-state index contributed by atoms with van der Waals surface area (Å²) >= 11 is 3.57. The number of hydrogen-bond donors (Lipinski definition) is 3. The Hall–Kier alpha value is -3.06. The van der Waals surface area contributed by atoms with Crippen LogP contribution in [0.1, 0.15) is 18.1 Å². The zero-order valence-corrected chi connectivity index (χ0v) is 17.1. The van der Waals surface area contributed by atoms with Crippen molar-refractivity contribution in [3.05, 3.63) is 70.2 Å². The number of hydrogen-bond acceptors (Lipinski definition) is 3. The molecule has 5 N–H and O–H groups in total. The van der Waals surface area contributed by atoms with Crippen LogP contribution in [0.4, 0.5) is 0 Å². The molecule has 0 heterocycles. The van der Waals surface area contributed by atoms with E-state index in [1.807, 2.05) is 37.3 Å². The number of nitrogens with two attached hydrogens (primary N) is 2. The van der Waals surface area contributed by atoms with Crippen molar-refractivity contribution < 1.29 is 14.6 Å². The minimum atomic E-state index is -0.0459. The van der Waals surface area contributed by atoms with Crippen LogP contribution in [0.2, 0.25) is 0 Å². The van der Waals surface area contributed by atoms with Gasteiger partial charge in [0.1, 0.15) is 6.61 Å². The summed E-state index contributed by atoms with van der Waals surface area (Å²) < 4.78 is 12.7. The summed E-state index contributed by atoms with van der Waals surface area (Å²) in [6, 6.07) is 18.2. The van der Waals surface area contributed by atoms with Gasteiger partial charge in [-0.3, -0.25) is 0 Å². The molecule has 7 heteroatoms. The first-order valence-electron chi connectivity index (χ1n) is 8.81. The second-order valence-electron chi connectivity index (χ2n) is 6.00. The molecule has 28 heavy (non-hydrogen) atoms. The van der Waals surface area contributed by atoms with Crippen LogP contribution in [-0.4, -0.2) is 18.8 Å². The van der Waals surface area contributed by atoms with E-state index in [-0.39, 0.29) is 5.96 Å². The minimum absolute atomic E-state index is 0.0459. The van der Waals surface area contributed by atoms with Gasteiger partial charge >= 0.3 is 0 Å². The molecule has 3 aromatic carbocycles. The standard InChI is InChI=1S/C21H21BrN4O2/c1-2-27-19-11-14(12-25-26-21(23)24)10-18(22)20(19)28-13-16-8-5-7-15-6-3-4-9-17(15)16/h3-12H,2,13H2,1H3,(H4,23,24,26)/p+1. The fourth-order valence-electron chi connectivity index (χ4n) is 2.82. The largest absolute Gasteiger partial charge is 0.490 e. The molecule has 0 saturated heterocycles. The molecular formula is C21H22BrN4O2+. The lowest BCUT2D eigenvalue weighted by molar-refractivity contribution is -0.456. The van der Waals surface area contributed by atoms with Crippen molar-refractivity contribution >= 4 is 38.9 Å². The first kappa shape index (κ1) is 19.7. The van der Waals surface area contributed by atoms with Crippen molar-refractivity contribution in [1.29, 1.82) is 0 Å². The summed E-state index contributed by atoms with van der Waals surface area (Å²) in [6.45, 7) is 2.87. The summed E-state index contributed by atoms with van der Waals surface area (Å²) in [5.41, 5.74) is 12.6. The molecule has 0 amide bonds. The first-order chi connectivity index (χ1) is 13.6. The average Bonchev–Trinajstić information content (AvgIpc) is 2.67. The Kier molecular flexibility index (Phi) is 6.49. The monoisotopic (exact) mass is 441 g/mol. The third-order valence-corrected chi connectivity index (χ3v) is 4.60. The van der Waals surface area contributed by atoms with Gasteiger partial charge in [-0.05, 0) is 51.3 Å². The van der Waals surface area contributed by atoms with Crippen molar-refractivity contribution in [2.45, 2.75) is 13.5 Å². The lowest BCUT2D eigenvalue weighted by atomic mass is 10.1. The molecule has 6 nitrogen and oxygen atoms in total. The molecule has 144 valence electrons. The Morgan fingerprint density at radius 3 is 2.68 bits per heavy atom. The van der Waals surface area contributed by atoms with Gasteiger partial charge in [-0.25, -0.2) is 0 Å². The first-order valence-corrected chi connectivity index (χ1v) is 9.61. The summed E-state index contributed by atoms with van der Waals surface area (Å²) in [5.74, 6) is 1.24. The summed E-state index contributed by atoms with van der Waals surface area (Å²) in [5, 5.41) is 8.78. The molecule has 0 aliphatic heterocycles. The van der Waals surface area contributed by atoms with Crippen molar-refractivity contribution in [2.75, 3.05) is 6.61 Å². The average molecular weight is 442 g/mol. The molecule has 0 unspecified atom stereocenters. The second-order valence-corrected chi connectivity index (χ2v) is 6.85. The molecule has 0 spiro atoms. The molecule has 0 fully saturated rings. The Balaban J connectivity index is 1.88. The lowest BCUT2D eigenvalue weighted by Gasteiger charge is -2.15. The highest BCUT2D eigenvalue weighted by Gasteiger charge is 2.13. The summed E-state index contributed by atoms with van der Waals surface area (Å²) in [7, 11) is 0. The van der Waals surface area contributed by atoms with Gasteiger partial charge in [-0.1, -0.05) is 42.5 Å². The predicted octanol–water partition coefficient (Wildman–Crippen LogP) is 2.27. The van der Waals surface area contributed by atoms with Gasteiger partial charge in [0.15, 0.2) is 11.5 Å². The molecule has 0 atom stereocenters. The van der Waals surface area contributed by atoms with E-state index in [4.69, 9.17) is 20.9 Å². The van der Waals surface area contributed by atoms with E-state index in [1.165, 1.54) is 10.8 Å². The van der Waals surface area contributed by atoms with Gasteiger partial charge in [0.05, 0.1) is 11.1 Å². The molecule has 0 aliphatic rings. The fraction of sp³-hybridized carbons (Fsp3) is 0.143. The van der Waals surface area contributed by atoms with E-state index in [0.717, 1.165) is 15.6 Å². The van der Waals surface area contributed by atoms with Crippen molar-refractivity contribution in [3.63, 3.8) is 0 Å². The van der Waals surface area contributed by atoms with Gasteiger partial charge in [0.25, 0.3) is 5.96 Å². The van der Waals surface area contributed by atoms with Crippen LogP contribution in [0.25, 0.3) is 10.8 Å². The van der Waals surface area contributed by atoms with Crippen molar-refractivity contribution in [3.8, 4) is 11.5 Å². The molecular weight excluding hydrogens is 420 g/mol. The second kappa shape index (κ2) is 9.23. The Morgan fingerprint density at radius 1 is 1.11 bits per heavy atom. The topological polar surface area (TPSA) is 96.8 Å². The number of nitrogens with zero attached hydrogens (tertiary/aromatic N) is 1. The van der Waals surface area contributed by atoms with E-state index >= 15 is 0 Å². The molecule has 0 aliphatic carbocycles. The van der Waals surface area contributed by atoms with Crippen LogP contribution in [-0.2, 0) is 6.61 Å². The molecule has 0 aromatic heterocycles. The summed E-state index contributed by atoms with van der Waals surface area (Å²) in [6.07, 6.45) is 1.67. The number of rotatable bonds is 7. The van der Waals surface area contributed by atoms with E-state index in [2.05, 4.69) is 50.4 Å². The van der Waals surface area contributed by atoms with Crippen LogP contribution in [0, 0.1) is 0 Å².